The minimum atomic E-state index is -0.790. The molecule has 0 aliphatic heterocycles. The van der Waals surface area contributed by atoms with Gasteiger partial charge in [-0.15, -0.1) is 0 Å². The lowest BCUT2D eigenvalue weighted by Gasteiger charge is -2.37. The van der Waals surface area contributed by atoms with Gasteiger partial charge in [0.25, 0.3) is 0 Å². The van der Waals surface area contributed by atoms with Crippen molar-refractivity contribution in [3.63, 3.8) is 0 Å². The monoisotopic (exact) mass is 288 g/mol. The van der Waals surface area contributed by atoms with Crippen molar-refractivity contribution in [2.24, 2.45) is 5.41 Å². The minimum absolute atomic E-state index is 0.239. The molecule has 0 spiro atoms. The van der Waals surface area contributed by atoms with Crippen molar-refractivity contribution in [1.82, 2.24) is 0 Å². The number of aliphatic hydroxyl groups is 2. The second kappa shape index (κ2) is 4.96. The van der Waals surface area contributed by atoms with Gasteiger partial charge in [-0.25, -0.2) is 0 Å². The third-order valence-electron chi connectivity index (χ3n) is 4.45. The van der Waals surface area contributed by atoms with Crippen LogP contribution in [-0.2, 0) is 0 Å². The highest BCUT2D eigenvalue weighted by Crippen LogP contribution is 2.44. The van der Waals surface area contributed by atoms with Crippen molar-refractivity contribution in [3.8, 4) is 0 Å². The first-order chi connectivity index (χ1) is 9.41. The van der Waals surface area contributed by atoms with Crippen LogP contribution in [0, 0.1) is 5.41 Å². The number of hydrogen-bond acceptors (Lipinski definition) is 2. The summed E-state index contributed by atoms with van der Waals surface area (Å²) >= 11 is 0. The van der Waals surface area contributed by atoms with Gasteiger partial charge in [-0.05, 0) is 51.0 Å². The van der Waals surface area contributed by atoms with E-state index in [-0.39, 0.29) is 5.41 Å². The summed E-state index contributed by atoms with van der Waals surface area (Å²) in [5.41, 5.74) is 2.79. The van der Waals surface area contributed by atoms with Crippen LogP contribution in [-0.4, -0.2) is 21.4 Å². The van der Waals surface area contributed by atoms with Gasteiger partial charge in [0.15, 0.2) is 0 Å². The molecule has 0 amide bonds. The van der Waals surface area contributed by atoms with Crippen LogP contribution in [0.25, 0.3) is 0 Å². The van der Waals surface area contributed by atoms with Crippen LogP contribution in [0.3, 0.4) is 0 Å². The Kier molecular flexibility index (Phi) is 3.84. The van der Waals surface area contributed by atoms with Crippen molar-refractivity contribution >= 4 is 0 Å². The summed E-state index contributed by atoms with van der Waals surface area (Å²) in [6.45, 7) is 12.1. The minimum Gasteiger partial charge on any atom is -0.386 e. The predicted molar refractivity (Wildman–Crippen MR) is 87.9 cm³/mol. The molecule has 0 heterocycles. The summed E-state index contributed by atoms with van der Waals surface area (Å²) < 4.78 is 0. The number of allylic oxidation sites excluding steroid dienone is 4. The van der Waals surface area contributed by atoms with Gasteiger partial charge in [0.05, 0.1) is 11.2 Å². The Labute approximate surface area is 128 Å². The molecular weight excluding hydrogens is 260 g/mol. The molecule has 21 heavy (non-hydrogen) atoms. The van der Waals surface area contributed by atoms with Gasteiger partial charge < -0.3 is 10.2 Å². The molecule has 0 radical (unpaired) electrons. The molecule has 0 aromatic carbocycles. The number of rotatable bonds is 2. The Balaban J connectivity index is 2.47. The maximum Gasteiger partial charge on any atom is 0.0842 e. The fraction of sp³-hybridized carbons (Fsp3) is 0.579. The van der Waals surface area contributed by atoms with Gasteiger partial charge in [-0.1, -0.05) is 37.1 Å². The lowest BCUT2D eigenvalue weighted by molar-refractivity contribution is 0.107. The largest absolute Gasteiger partial charge is 0.386 e. The van der Waals surface area contributed by atoms with E-state index >= 15 is 0 Å². The lowest BCUT2D eigenvalue weighted by Crippen LogP contribution is -2.31. The van der Waals surface area contributed by atoms with E-state index in [1.54, 1.807) is 0 Å². The molecule has 0 saturated carbocycles. The fourth-order valence-corrected chi connectivity index (χ4v) is 3.51. The van der Waals surface area contributed by atoms with Gasteiger partial charge >= 0.3 is 0 Å². The van der Waals surface area contributed by atoms with Crippen LogP contribution in [0.4, 0.5) is 0 Å². The molecule has 2 atom stereocenters. The highest BCUT2D eigenvalue weighted by molar-refractivity contribution is 5.47. The average molecular weight is 288 g/mol. The van der Waals surface area contributed by atoms with Crippen LogP contribution < -0.4 is 0 Å². The maximum absolute atomic E-state index is 10.4. The summed E-state index contributed by atoms with van der Waals surface area (Å²) in [6.07, 6.45) is 9.63. The summed E-state index contributed by atoms with van der Waals surface area (Å²) in [5.74, 6) is 0. The second-order valence-electron chi connectivity index (χ2n) is 7.87. The molecule has 2 rings (SSSR count). The van der Waals surface area contributed by atoms with Crippen molar-refractivity contribution in [2.45, 2.75) is 65.6 Å². The van der Waals surface area contributed by atoms with E-state index in [0.29, 0.717) is 12.8 Å². The van der Waals surface area contributed by atoms with Gasteiger partial charge in [0, 0.05) is 18.3 Å². The Morgan fingerprint density at radius 2 is 1.19 bits per heavy atom. The molecule has 2 aliphatic rings. The molecule has 0 aromatic heterocycles. The third kappa shape index (κ3) is 3.56. The Morgan fingerprint density at radius 1 is 0.857 bits per heavy atom. The summed E-state index contributed by atoms with van der Waals surface area (Å²) in [4.78, 5) is 0. The van der Waals surface area contributed by atoms with Crippen LogP contribution in [0.2, 0.25) is 0 Å². The summed E-state index contributed by atoms with van der Waals surface area (Å²) in [5, 5.41) is 20.9. The van der Waals surface area contributed by atoms with E-state index < -0.39 is 11.2 Å². The summed E-state index contributed by atoms with van der Waals surface area (Å²) in [7, 11) is 0. The Hall–Kier alpha value is -1.12. The molecule has 2 N–H and O–H groups in total. The van der Waals surface area contributed by atoms with Gasteiger partial charge in [-0.2, -0.15) is 0 Å². The third-order valence-corrected chi connectivity index (χ3v) is 4.45. The highest BCUT2D eigenvalue weighted by atomic mass is 16.3. The Bertz CT molecular complexity index is 516. The van der Waals surface area contributed by atoms with E-state index in [2.05, 4.69) is 39.8 Å². The molecule has 0 saturated heterocycles. The molecule has 116 valence electrons. The molecule has 2 aliphatic carbocycles. The summed E-state index contributed by atoms with van der Waals surface area (Å²) in [6, 6.07) is 0. The molecule has 0 fully saturated rings. The first-order valence-electron chi connectivity index (χ1n) is 7.67. The molecule has 2 unspecified atom stereocenters. The zero-order chi connectivity index (χ0) is 16.1. The van der Waals surface area contributed by atoms with Gasteiger partial charge in [0.1, 0.15) is 0 Å². The molecule has 2 nitrogen and oxygen atoms in total. The van der Waals surface area contributed by atoms with E-state index in [9.17, 15) is 10.2 Å². The van der Waals surface area contributed by atoms with E-state index in [1.807, 2.05) is 26.0 Å². The SMILES string of the molecule is CC1=CC(C(C)(C)C2=CC(C)(O)CC(C)=C2)=CC(C)(O)C1. The Morgan fingerprint density at radius 3 is 1.48 bits per heavy atom. The maximum atomic E-state index is 10.4. The van der Waals surface area contributed by atoms with Crippen molar-refractivity contribution in [3.05, 3.63) is 46.6 Å². The fourth-order valence-electron chi connectivity index (χ4n) is 3.51. The first-order valence-corrected chi connectivity index (χ1v) is 7.67. The molecule has 0 bridgehead atoms. The quantitative estimate of drug-likeness (QED) is 0.804. The van der Waals surface area contributed by atoms with Gasteiger partial charge in [0.2, 0.25) is 0 Å². The van der Waals surface area contributed by atoms with E-state index in [4.69, 9.17) is 0 Å². The topological polar surface area (TPSA) is 40.5 Å². The molecular formula is C19H28O2. The van der Waals surface area contributed by atoms with Crippen LogP contribution in [0.15, 0.2) is 46.6 Å². The predicted octanol–water partition coefficient (Wildman–Crippen LogP) is 4.07. The van der Waals surface area contributed by atoms with E-state index in [1.165, 1.54) is 11.1 Å². The molecule has 0 aromatic rings. The smallest absolute Gasteiger partial charge is 0.0842 e. The van der Waals surface area contributed by atoms with E-state index in [0.717, 1.165) is 11.1 Å². The van der Waals surface area contributed by atoms with Crippen molar-refractivity contribution in [2.75, 3.05) is 0 Å². The van der Waals surface area contributed by atoms with Gasteiger partial charge in [-0.3, -0.25) is 0 Å². The van der Waals surface area contributed by atoms with Crippen LogP contribution >= 0.6 is 0 Å². The standard InChI is InChI=1S/C19H28O2/c1-13-7-15(11-18(5,20)9-13)17(3,4)16-8-14(2)10-19(6,21)12-16/h7-8,11-12,20-21H,9-10H2,1-6H3. The van der Waals surface area contributed by atoms with Crippen molar-refractivity contribution in [1.29, 1.82) is 0 Å². The van der Waals surface area contributed by atoms with Crippen molar-refractivity contribution < 1.29 is 10.2 Å². The average Bonchev–Trinajstić information content (AvgIpc) is 2.23. The normalized spacial score (nSPS) is 33.9. The molecule has 2 heteroatoms. The van der Waals surface area contributed by atoms with Crippen LogP contribution in [0.1, 0.15) is 54.4 Å². The zero-order valence-electron chi connectivity index (χ0n) is 14.1. The first kappa shape index (κ1) is 16.3. The number of hydrogen-bond donors (Lipinski definition) is 2. The van der Waals surface area contributed by atoms with Crippen LogP contribution in [0.5, 0.6) is 0 Å². The lowest BCUT2D eigenvalue weighted by atomic mass is 9.69. The highest BCUT2D eigenvalue weighted by Gasteiger charge is 2.35. The zero-order valence-corrected chi connectivity index (χ0v) is 14.1. The second-order valence-corrected chi connectivity index (χ2v) is 7.87.